The SMILES string of the molecule is CC1(C)CC(Nc2ncnc(Oc3ccccc3)c2N)CC(C)(C)N1. The lowest BCUT2D eigenvalue weighted by atomic mass is 9.79. The standard InChI is InChI=1S/C19H27N5O/c1-18(2)10-13(11-19(3,4)24-18)23-16-15(20)17(22-12-21-16)25-14-8-6-5-7-9-14/h5-9,12-13,24H,10-11,20H2,1-4H3,(H,21,22,23). The van der Waals surface area contributed by atoms with E-state index in [0.29, 0.717) is 23.1 Å². The van der Waals surface area contributed by atoms with Gasteiger partial charge in [0.15, 0.2) is 5.82 Å². The molecule has 3 rings (SSSR count). The topological polar surface area (TPSA) is 85.1 Å². The molecule has 0 amide bonds. The Morgan fingerprint density at radius 1 is 1.08 bits per heavy atom. The van der Waals surface area contributed by atoms with Gasteiger partial charge in [-0.15, -0.1) is 0 Å². The molecule has 0 atom stereocenters. The van der Waals surface area contributed by atoms with E-state index < -0.39 is 0 Å². The highest BCUT2D eigenvalue weighted by atomic mass is 16.5. The second kappa shape index (κ2) is 6.52. The average Bonchev–Trinajstić information content (AvgIpc) is 2.49. The monoisotopic (exact) mass is 341 g/mol. The van der Waals surface area contributed by atoms with Gasteiger partial charge in [-0.1, -0.05) is 18.2 Å². The molecule has 1 aromatic heterocycles. The first-order valence-electron chi connectivity index (χ1n) is 8.63. The molecule has 0 aliphatic carbocycles. The largest absolute Gasteiger partial charge is 0.437 e. The van der Waals surface area contributed by atoms with Gasteiger partial charge >= 0.3 is 0 Å². The van der Waals surface area contributed by atoms with Gasteiger partial charge in [0, 0.05) is 17.1 Å². The van der Waals surface area contributed by atoms with Crippen molar-refractivity contribution in [1.29, 1.82) is 0 Å². The summed E-state index contributed by atoms with van der Waals surface area (Å²) >= 11 is 0. The molecule has 0 unspecified atom stereocenters. The first kappa shape index (κ1) is 17.5. The first-order chi connectivity index (χ1) is 11.7. The second-order valence-corrected chi connectivity index (χ2v) is 8.00. The molecule has 2 heterocycles. The fourth-order valence-electron chi connectivity index (χ4n) is 3.79. The van der Waals surface area contributed by atoms with Crippen LogP contribution in [0.15, 0.2) is 36.7 Å². The number of hydrogen-bond donors (Lipinski definition) is 3. The van der Waals surface area contributed by atoms with Crippen LogP contribution in [0.25, 0.3) is 0 Å². The summed E-state index contributed by atoms with van der Waals surface area (Å²) < 4.78 is 5.79. The molecule has 0 radical (unpaired) electrons. The summed E-state index contributed by atoms with van der Waals surface area (Å²) in [7, 11) is 0. The summed E-state index contributed by atoms with van der Waals surface area (Å²) in [6.07, 6.45) is 3.44. The van der Waals surface area contributed by atoms with Gasteiger partial charge in [0.05, 0.1) is 0 Å². The van der Waals surface area contributed by atoms with Crippen LogP contribution in [0, 0.1) is 0 Å². The molecule has 1 aliphatic rings. The number of nitrogen functional groups attached to an aromatic ring is 1. The highest BCUT2D eigenvalue weighted by Crippen LogP contribution is 2.33. The van der Waals surface area contributed by atoms with Crippen molar-refractivity contribution in [3.05, 3.63) is 36.7 Å². The van der Waals surface area contributed by atoms with Crippen molar-refractivity contribution in [2.45, 2.75) is 57.7 Å². The van der Waals surface area contributed by atoms with Crippen molar-refractivity contribution in [1.82, 2.24) is 15.3 Å². The molecule has 1 aliphatic heterocycles. The van der Waals surface area contributed by atoms with Gasteiger partial charge in [-0.05, 0) is 52.7 Å². The lowest BCUT2D eigenvalue weighted by molar-refractivity contribution is 0.170. The Balaban J connectivity index is 1.78. The van der Waals surface area contributed by atoms with Crippen LogP contribution in [-0.2, 0) is 0 Å². The quantitative estimate of drug-likeness (QED) is 0.788. The third-order valence-corrected chi connectivity index (χ3v) is 4.34. The number of hydrogen-bond acceptors (Lipinski definition) is 6. The van der Waals surface area contributed by atoms with Crippen LogP contribution in [0.4, 0.5) is 11.5 Å². The lowest BCUT2D eigenvalue weighted by Gasteiger charge is -2.46. The molecule has 1 aromatic carbocycles. The maximum absolute atomic E-state index is 6.26. The normalized spacial score (nSPS) is 19.4. The number of aromatic nitrogens is 2. The number of anilines is 2. The minimum atomic E-state index is 0.0462. The van der Waals surface area contributed by atoms with Gasteiger partial charge in [0.25, 0.3) is 0 Å². The van der Waals surface area contributed by atoms with Crippen LogP contribution in [-0.4, -0.2) is 27.1 Å². The van der Waals surface area contributed by atoms with Gasteiger partial charge in [0.2, 0.25) is 5.88 Å². The Kier molecular flexibility index (Phi) is 4.56. The Hall–Kier alpha value is -2.34. The Bertz CT molecular complexity index is 714. The van der Waals surface area contributed by atoms with Crippen LogP contribution >= 0.6 is 0 Å². The summed E-state index contributed by atoms with van der Waals surface area (Å²) in [5.74, 6) is 1.69. The third kappa shape index (κ3) is 4.39. The van der Waals surface area contributed by atoms with E-state index in [0.717, 1.165) is 12.8 Å². The van der Waals surface area contributed by atoms with Gasteiger partial charge in [-0.25, -0.2) is 4.98 Å². The van der Waals surface area contributed by atoms with E-state index in [2.05, 4.69) is 48.3 Å². The molecular formula is C19H27N5O. The molecule has 0 spiro atoms. The van der Waals surface area contributed by atoms with Gasteiger partial charge < -0.3 is 21.1 Å². The molecule has 25 heavy (non-hydrogen) atoms. The zero-order valence-corrected chi connectivity index (χ0v) is 15.3. The number of nitrogens with one attached hydrogen (secondary N) is 2. The predicted octanol–water partition coefficient (Wildman–Crippen LogP) is 3.57. The van der Waals surface area contributed by atoms with Gasteiger partial charge in [-0.3, -0.25) is 0 Å². The van der Waals surface area contributed by atoms with Crippen molar-refractivity contribution in [2.75, 3.05) is 11.1 Å². The van der Waals surface area contributed by atoms with Crippen molar-refractivity contribution < 1.29 is 4.74 Å². The predicted molar refractivity (Wildman–Crippen MR) is 101 cm³/mol. The van der Waals surface area contributed by atoms with Crippen LogP contribution < -0.4 is 21.1 Å². The van der Waals surface area contributed by atoms with Gasteiger partial charge in [-0.2, -0.15) is 4.98 Å². The van der Waals surface area contributed by atoms with Crippen LogP contribution in [0.1, 0.15) is 40.5 Å². The zero-order valence-electron chi connectivity index (χ0n) is 15.3. The molecule has 0 bridgehead atoms. The maximum Gasteiger partial charge on any atom is 0.248 e. The van der Waals surface area contributed by atoms with E-state index in [1.807, 2.05) is 30.3 Å². The Labute approximate surface area is 149 Å². The van der Waals surface area contributed by atoms with E-state index in [1.54, 1.807) is 0 Å². The fraction of sp³-hybridized carbons (Fsp3) is 0.474. The molecule has 2 aromatic rings. The summed E-state index contributed by atoms with van der Waals surface area (Å²) in [6.45, 7) is 8.87. The Morgan fingerprint density at radius 3 is 2.36 bits per heavy atom. The lowest BCUT2D eigenvalue weighted by Crippen LogP contribution is -2.60. The molecule has 1 fully saturated rings. The second-order valence-electron chi connectivity index (χ2n) is 8.00. The average molecular weight is 341 g/mol. The number of benzene rings is 1. The number of para-hydroxylation sites is 1. The van der Waals surface area contributed by atoms with Crippen LogP contribution in [0.2, 0.25) is 0 Å². The van der Waals surface area contributed by atoms with E-state index in [1.165, 1.54) is 6.33 Å². The van der Waals surface area contributed by atoms with E-state index >= 15 is 0 Å². The number of piperidine rings is 1. The third-order valence-electron chi connectivity index (χ3n) is 4.34. The van der Waals surface area contributed by atoms with E-state index in [9.17, 15) is 0 Å². The summed E-state index contributed by atoms with van der Waals surface area (Å²) in [6, 6.07) is 9.76. The molecular weight excluding hydrogens is 314 g/mol. The Morgan fingerprint density at radius 2 is 1.72 bits per heavy atom. The molecule has 1 saturated heterocycles. The number of nitrogens with zero attached hydrogens (tertiary/aromatic N) is 2. The minimum Gasteiger partial charge on any atom is -0.437 e. The van der Waals surface area contributed by atoms with Crippen LogP contribution in [0.5, 0.6) is 11.6 Å². The summed E-state index contributed by atoms with van der Waals surface area (Å²) in [4.78, 5) is 8.50. The number of ether oxygens (including phenoxy) is 1. The number of nitrogens with two attached hydrogens (primary N) is 1. The van der Waals surface area contributed by atoms with Crippen molar-refractivity contribution in [3.63, 3.8) is 0 Å². The number of rotatable bonds is 4. The molecule has 6 nitrogen and oxygen atoms in total. The highest BCUT2D eigenvalue weighted by molar-refractivity contribution is 5.67. The molecule has 4 N–H and O–H groups in total. The summed E-state index contributed by atoms with van der Waals surface area (Å²) in [5, 5.41) is 7.17. The molecule has 134 valence electrons. The van der Waals surface area contributed by atoms with Crippen molar-refractivity contribution >= 4 is 11.5 Å². The van der Waals surface area contributed by atoms with Gasteiger partial charge in [0.1, 0.15) is 17.8 Å². The molecule has 6 heteroatoms. The minimum absolute atomic E-state index is 0.0462. The van der Waals surface area contributed by atoms with Crippen molar-refractivity contribution in [2.24, 2.45) is 0 Å². The van der Waals surface area contributed by atoms with Crippen LogP contribution in [0.3, 0.4) is 0 Å². The molecule has 0 saturated carbocycles. The summed E-state index contributed by atoms with van der Waals surface area (Å²) in [5.41, 5.74) is 6.78. The maximum atomic E-state index is 6.26. The van der Waals surface area contributed by atoms with E-state index in [-0.39, 0.29) is 17.1 Å². The zero-order chi connectivity index (χ0) is 18.1. The van der Waals surface area contributed by atoms with Crippen molar-refractivity contribution in [3.8, 4) is 11.6 Å². The fourth-order valence-corrected chi connectivity index (χ4v) is 3.79. The van der Waals surface area contributed by atoms with E-state index in [4.69, 9.17) is 10.5 Å². The smallest absolute Gasteiger partial charge is 0.248 e. The first-order valence-corrected chi connectivity index (χ1v) is 8.63. The highest BCUT2D eigenvalue weighted by Gasteiger charge is 2.38.